The summed E-state index contributed by atoms with van der Waals surface area (Å²) in [6, 6.07) is 13.3. The number of hydrogen-bond acceptors (Lipinski definition) is 5. The molecule has 3 atom stereocenters. The van der Waals surface area contributed by atoms with Crippen molar-refractivity contribution in [3.05, 3.63) is 77.0 Å². The Bertz CT molecular complexity index is 1740. The molecule has 2 aromatic rings. The van der Waals surface area contributed by atoms with Gasteiger partial charge in [0.25, 0.3) is 5.91 Å². The normalized spacial score (nSPS) is 25.7. The van der Waals surface area contributed by atoms with Crippen LogP contribution in [0.4, 0.5) is 5.69 Å². The molecule has 5 aliphatic heterocycles. The first-order chi connectivity index (χ1) is 23.6. The molecule has 1 aliphatic carbocycles. The number of ketones is 1. The summed E-state index contributed by atoms with van der Waals surface area (Å²) < 4.78 is 7.14. The van der Waals surface area contributed by atoms with Crippen molar-refractivity contribution in [3.8, 4) is 5.75 Å². The fourth-order valence-electron chi connectivity index (χ4n) is 9.32. The van der Waals surface area contributed by atoms with Crippen LogP contribution in [-0.4, -0.2) is 57.2 Å². The van der Waals surface area contributed by atoms with E-state index in [2.05, 4.69) is 25.7 Å². The number of hydrogen-bond donors (Lipinski definition) is 1. The fraction of sp³-hybridized carbons (Fsp3) is 0.512. The highest BCUT2D eigenvalue weighted by molar-refractivity contribution is 6.30. The van der Waals surface area contributed by atoms with Crippen molar-refractivity contribution in [2.75, 3.05) is 13.2 Å². The van der Waals surface area contributed by atoms with E-state index in [0.29, 0.717) is 49.6 Å². The Hall–Kier alpha value is -4.20. The van der Waals surface area contributed by atoms with E-state index >= 15 is 0 Å². The van der Waals surface area contributed by atoms with Crippen LogP contribution in [0.25, 0.3) is 11.6 Å². The molecule has 8 heteroatoms. The molecule has 6 aliphatic rings. The van der Waals surface area contributed by atoms with Gasteiger partial charge in [0.05, 0.1) is 29.2 Å². The second-order valence-corrected chi connectivity index (χ2v) is 15.3. The molecule has 8 nitrogen and oxygen atoms in total. The summed E-state index contributed by atoms with van der Waals surface area (Å²) in [5.74, 6) is 0.623. The molecular formula is C41H49N3O5. The number of piperazine rings is 1. The highest BCUT2D eigenvalue weighted by Crippen LogP contribution is 2.60. The highest BCUT2D eigenvalue weighted by atomic mass is 16.5. The minimum atomic E-state index is -1.12. The van der Waals surface area contributed by atoms with Gasteiger partial charge in [0, 0.05) is 24.4 Å². The van der Waals surface area contributed by atoms with E-state index in [-0.39, 0.29) is 23.5 Å². The van der Waals surface area contributed by atoms with Gasteiger partial charge < -0.3 is 20.2 Å². The van der Waals surface area contributed by atoms with Crippen molar-refractivity contribution in [1.29, 1.82) is 0 Å². The van der Waals surface area contributed by atoms with Gasteiger partial charge in [-0.3, -0.25) is 14.4 Å². The lowest BCUT2D eigenvalue weighted by Gasteiger charge is -2.62. The van der Waals surface area contributed by atoms with Crippen LogP contribution in [0.5, 0.6) is 5.75 Å². The van der Waals surface area contributed by atoms with Gasteiger partial charge in [-0.25, -0.2) is 0 Å². The maximum atomic E-state index is 14.0. The van der Waals surface area contributed by atoms with Crippen molar-refractivity contribution in [3.63, 3.8) is 0 Å². The molecule has 2 bridgehead atoms. The molecule has 2 spiro atoms. The lowest BCUT2D eigenvalue weighted by atomic mass is 9.51. The van der Waals surface area contributed by atoms with Gasteiger partial charge >= 0.3 is 0 Å². The molecule has 0 aromatic heterocycles. The Kier molecular flexibility index (Phi) is 8.78. The molecule has 258 valence electrons. The molecule has 4 saturated heterocycles. The second kappa shape index (κ2) is 12.9. The van der Waals surface area contributed by atoms with E-state index in [0.717, 1.165) is 59.1 Å². The third kappa shape index (κ3) is 5.51. The van der Waals surface area contributed by atoms with E-state index in [9.17, 15) is 19.6 Å². The molecule has 2 aromatic carbocycles. The van der Waals surface area contributed by atoms with Gasteiger partial charge in [0.15, 0.2) is 5.78 Å². The van der Waals surface area contributed by atoms with Crippen LogP contribution >= 0.6 is 0 Å². The van der Waals surface area contributed by atoms with Gasteiger partial charge in [-0.15, -0.1) is 0 Å². The van der Waals surface area contributed by atoms with Crippen LogP contribution in [0, 0.1) is 16.5 Å². The number of benzene rings is 2. The maximum Gasteiger partial charge on any atom is 0.253 e. The second-order valence-electron chi connectivity index (χ2n) is 15.3. The minimum Gasteiger partial charge on any atom is -0.618 e. The van der Waals surface area contributed by atoms with Crippen molar-refractivity contribution < 1.29 is 23.9 Å². The van der Waals surface area contributed by atoms with Crippen molar-refractivity contribution >= 4 is 40.6 Å². The van der Waals surface area contributed by atoms with E-state index < -0.39 is 16.5 Å². The van der Waals surface area contributed by atoms with Gasteiger partial charge in [0.2, 0.25) is 17.3 Å². The number of Topliss-reactive ketones (excluding diaryl/α,β-unsaturated/α-hetero) is 1. The monoisotopic (exact) mass is 663 g/mol. The Balaban J connectivity index is 0.862. The number of ether oxygens (including phenoxy) is 1. The van der Waals surface area contributed by atoms with Crippen LogP contribution < -0.4 is 10.1 Å². The Morgan fingerprint density at radius 2 is 1.71 bits per heavy atom. The molecule has 2 amide bonds. The van der Waals surface area contributed by atoms with Crippen LogP contribution in [0.2, 0.25) is 0 Å². The van der Waals surface area contributed by atoms with E-state index in [1.165, 1.54) is 32.1 Å². The standard InChI is InChI=1S/C41H49N3O5/c1-4-28-16-18-29(19-17-28)34(45)15-12-10-8-6-5-7-9-11-13-24-49-30-20-21-31-32-26-41-35(39(2,3)36(32)44(48)33(31)25-30)27-40(37(46)42-41)22-14-23-43(40)38(41)47/h4,16-21,25-26,35H,1,5-15,22-24,27H2,2-3H3,(H,42,46)/t35?,40-,41-/m0/s1. The molecule has 0 saturated carbocycles. The van der Waals surface area contributed by atoms with E-state index in [1.807, 2.05) is 53.4 Å². The van der Waals surface area contributed by atoms with Crippen LogP contribution in [-0.2, 0) is 9.59 Å². The first kappa shape index (κ1) is 33.3. The lowest BCUT2D eigenvalue weighted by Crippen LogP contribution is -2.83. The summed E-state index contributed by atoms with van der Waals surface area (Å²) in [6.45, 7) is 9.08. The number of allylic oxidation sites excluding steroid dienone is 1. The first-order valence-corrected chi connectivity index (χ1v) is 18.4. The molecule has 0 radical (unpaired) electrons. The number of nitrogens with zero attached hydrogens (tertiary/aromatic N) is 2. The van der Waals surface area contributed by atoms with Gasteiger partial charge in [-0.2, -0.15) is 4.74 Å². The van der Waals surface area contributed by atoms with Crippen LogP contribution in [0.3, 0.4) is 0 Å². The zero-order valence-electron chi connectivity index (χ0n) is 29.0. The predicted octanol–water partition coefficient (Wildman–Crippen LogP) is 7.76. The smallest absolute Gasteiger partial charge is 0.253 e. The average Bonchev–Trinajstić information content (AvgIpc) is 3.66. The SMILES string of the molecule is C=Cc1ccc(C(=O)CCCCCCCCCCCOc2ccc3c(c2)[N+]([O-])=C2C3=C[C@@]34NC(=O)[C@]5(CCCN5C3=O)CC4C2(C)C)cc1. The first-order valence-electron chi connectivity index (χ1n) is 18.4. The summed E-state index contributed by atoms with van der Waals surface area (Å²) in [7, 11) is 0. The molecule has 1 N–H and O–H groups in total. The predicted molar refractivity (Wildman–Crippen MR) is 192 cm³/mol. The summed E-state index contributed by atoms with van der Waals surface area (Å²) >= 11 is 0. The van der Waals surface area contributed by atoms with Gasteiger partial charge in [-0.1, -0.05) is 81.9 Å². The Labute approximate surface area is 289 Å². The number of nitrogens with one attached hydrogen (secondary N) is 1. The summed E-state index contributed by atoms with van der Waals surface area (Å²) in [5.41, 5.74) is 2.05. The largest absolute Gasteiger partial charge is 0.618 e. The van der Waals surface area contributed by atoms with Crippen LogP contribution in [0.1, 0.15) is 119 Å². The molecule has 5 heterocycles. The zero-order chi connectivity index (χ0) is 34.4. The lowest BCUT2D eigenvalue weighted by molar-refractivity contribution is -0.362. The number of unbranched alkanes of at least 4 members (excludes halogenated alkanes) is 8. The van der Waals surface area contributed by atoms with E-state index in [4.69, 9.17) is 4.74 Å². The van der Waals surface area contributed by atoms with Crippen molar-refractivity contribution in [1.82, 2.24) is 10.2 Å². The quantitative estimate of drug-likeness (QED) is 0.0909. The number of amides is 2. The third-order valence-corrected chi connectivity index (χ3v) is 12.0. The van der Waals surface area contributed by atoms with Gasteiger partial charge in [0.1, 0.15) is 16.8 Å². The number of fused-ring (bicyclic) bond motifs is 4. The molecular weight excluding hydrogens is 614 g/mol. The number of rotatable bonds is 15. The minimum absolute atomic E-state index is 0.0263. The zero-order valence-corrected chi connectivity index (χ0v) is 29.0. The van der Waals surface area contributed by atoms with E-state index in [1.54, 1.807) is 6.08 Å². The number of piperidine rings is 2. The summed E-state index contributed by atoms with van der Waals surface area (Å²) in [6.07, 6.45) is 16.4. The molecule has 4 fully saturated rings. The highest BCUT2D eigenvalue weighted by Gasteiger charge is 2.73. The number of carbonyl (C=O) groups excluding carboxylic acids is 3. The third-order valence-electron chi connectivity index (χ3n) is 12.0. The Morgan fingerprint density at radius 3 is 2.43 bits per heavy atom. The Morgan fingerprint density at radius 1 is 1.02 bits per heavy atom. The maximum absolute atomic E-state index is 14.0. The van der Waals surface area contributed by atoms with Crippen LogP contribution in [0.15, 0.2) is 55.1 Å². The molecule has 8 rings (SSSR count). The summed E-state index contributed by atoms with van der Waals surface area (Å²) in [4.78, 5) is 41.6. The van der Waals surface area contributed by atoms with Gasteiger partial charge in [-0.05, 0) is 69.7 Å². The fourth-order valence-corrected chi connectivity index (χ4v) is 9.32. The van der Waals surface area contributed by atoms with Crippen molar-refractivity contribution in [2.24, 2.45) is 11.3 Å². The number of carbonyl (C=O) groups is 3. The molecule has 49 heavy (non-hydrogen) atoms. The van der Waals surface area contributed by atoms with Crippen molar-refractivity contribution in [2.45, 2.75) is 108 Å². The topological polar surface area (TPSA) is 102 Å². The summed E-state index contributed by atoms with van der Waals surface area (Å²) in [5, 5.41) is 17.1. The average molecular weight is 664 g/mol. The molecule has 1 unspecified atom stereocenters.